The van der Waals surface area contributed by atoms with Crippen LogP contribution in [-0.2, 0) is 11.3 Å². The van der Waals surface area contributed by atoms with Gasteiger partial charge in [0.25, 0.3) is 0 Å². The Morgan fingerprint density at radius 3 is 2.85 bits per heavy atom. The van der Waals surface area contributed by atoms with Gasteiger partial charge in [0.15, 0.2) is 5.78 Å². The summed E-state index contributed by atoms with van der Waals surface area (Å²) in [5.74, 6) is 0.0384. The maximum absolute atomic E-state index is 11.2. The van der Waals surface area contributed by atoms with Gasteiger partial charge in [0.05, 0.1) is 17.6 Å². The van der Waals surface area contributed by atoms with E-state index < -0.39 is 0 Å². The van der Waals surface area contributed by atoms with Crippen LogP contribution < -0.4 is 0 Å². The molecule has 1 aromatic rings. The van der Waals surface area contributed by atoms with Crippen molar-refractivity contribution < 1.29 is 9.53 Å². The number of pyridine rings is 1. The Balaban J connectivity index is 2.75. The first kappa shape index (κ1) is 10.3. The van der Waals surface area contributed by atoms with Crippen LogP contribution in [0.2, 0.25) is 0 Å². The Kier molecular flexibility index (Phi) is 4.05. The summed E-state index contributed by atoms with van der Waals surface area (Å²) in [7, 11) is 1.61. The van der Waals surface area contributed by atoms with Crippen LogP contribution in [0.4, 0.5) is 0 Å². The molecule has 0 aliphatic carbocycles. The summed E-state index contributed by atoms with van der Waals surface area (Å²) in [6.45, 7) is 0.475. The molecule has 0 bridgehead atoms. The minimum atomic E-state index is 0.0384. The van der Waals surface area contributed by atoms with E-state index in [1.807, 2.05) is 0 Å². The van der Waals surface area contributed by atoms with E-state index in [4.69, 9.17) is 4.74 Å². The highest BCUT2D eigenvalue weighted by Gasteiger charge is 2.03. The Morgan fingerprint density at radius 1 is 1.62 bits per heavy atom. The van der Waals surface area contributed by atoms with Crippen molar-refractivity contribution in [2.24, 2.45) is 0 Å². The molecule has 0 amide bonds. The summed E-state index contributed by atoms with van der Waals surface area (Å²) in [4.78, 5) is 15.2. The maximum Gasteiger partial charge on any atom is 0.174 e. The minimum Gasteiger partial charge on any atom is -0.378 e. The number of Topliss-reactive ketones (excluding diaryl/α,β-unsaturated/α-hetero) is 1. The molecule has 1 aromatic heterocycles. The van der Waals surface area contributed by atoms with Crippen molar-refractivity contribution in [1.29, 1.82) is 0 Å². The fourth-order valence-electron chi connectivity index (χ4n) is 0.900. The molecule has 0 N–H and O–H groups in total. The zero-order valence-electron chi connectivity index (χ0n) is 7.29. The van der Waals surface area contributed by atoms with Gasteiger partial charge in [0.1, 0.15) is 0 Å². The quantitative estimate of drug-likeness (QED) is 0.598. The SMILES string of the molecule is COCc1ccc(C(=O)CBr)cn1. The van der Waals surface area contributed by atoms with E-state index in [0.29, 0.717) is 17.5 Å². The first-order valence-electron chi connectivity index (χ1n) is 3.81. The standard InChI is InChI=1S/C9H10BrNO2/c1-13-6-8-3-2-7(5-11-8)9(12)4-10/h2-3,5H,4,6H2,1H3. The zero-order chi connectivity index (χ0) is 9.68. The van der Waals surface area contributed by atoms with E-state index in [1.165, 1.54) is 0 Å². The topological polar surface area (TPSA) is 39.2 Å². The number of alkyl halides is 1. The third-order valence-electron chi connectivity index (χ3n) is 1.56. The van der Waals surface area contributed by atoms with Crippen molar-refractivity contribution in [3.05, 3.63) is 29.6 Å². The van der Waals surface area contributed by atoms with Crippen LogP contribution in [0, 0.1) is 0 Å². The number of nitrogens with zero attached hydrogens (tertiary/aromatic N) is 1. The summed E-state index contributed by atoms with van der Waals surface area (Å²) in [5.41, 5.74) is 1.45. The Labute approximate surface area is 85.3 Å². The summed E-state index contributed by atoms with van der Waals surface area (Å²) < 4.78 is 4.90. The molecular weight excluding hydrogens is 234 g/mol. The first-order valence-corrected chi connectivity index (χ1v) is 4.93. The third-order valence-corrected chi connectivity index (χ3v) is 2.07. The first-order chi connectivity index (χ1) is 6.27. The molecule has 13 heavy (non-hydrogen) atoms. The normalized spacial score (nSPS) is 10.0. The van der Waals surface area contributed by atoms with Gasteiger partial charge in [0, 0.05) is 18.9 Å². The van der Waals surface area contributed by atoms with Crippen molar-refractivity contribution in [1.82, 2.24) is 4.98 Å². The lowest BCUT2D eigenvalue weighted by Gasteiger charge is -1.99. The van der Waals surface area contributed by atoms with Crippen LogP contribution >= 0.6 is 15.9 Å². The van der Waals surface area contributed by atoms with Crippen LogP contribution in [0.3, 0.4) is 0 Å². The molecule has 0 aliphatic rings. The number of hydrogen-bond acceptors (Lipinski definition) is 3. The molecule has 70 valence electrons. The summed E-state index contributed by atoms with van der Waals surface area (Å²) in [6.07, 6.45) is 1.57. The molecule has 1 heterocycles. The number of ether oxygens (including phenoxy) is 1. The van der Waals surface area contributed by atoms with Crippen LogP contribution in [0.1, 0.15) is 16.1 Å². The highest BCUT2D eigenvalue weighted by molar-refractivity contribution is 9.09. The van der Waals surface area contributed by atoms with Crippen LogP contribution in [0.15, 0.2) is 18.3 Å². The molecule has 0 radical (unpaired) electrons. The van der Waals surface area contributed by atoms with Gasteiger partial charge >= 0.3 is 0 Å². The van der Waals surface area contributed by atoms with Crippen LogP contribution in [0.25, 0.3) is 0 Å². The highest BCUT2D eigenvalue weighted by atomic mass is 79.9. The Bertz CT molecular complexity index is 284. The highest BCUT2D eigenvalue weighted by Crippen LogP contribution is 2.03. The second-order valence-electron chi connectivity index (χ2n) is 2.53. The number of carbonyl (C=O) groups is 1. The van der Waals surface area contributed by atoms with Gasteiger partial charge in [-0.2, -0.15) is 0 Å². The molecule has 0 fully saturated rings. The van der Waals surface area contributed by atoms with Crippen molar-refractivity contribution in [2.75, 3.05) is 12.4 Å². The predicted molar refractivity (Wildman–Crippen MR) is 53.1 cm³/mol. The van der Waals surface area contributed by atoms with Crippen molar-refractivity contribution in [3.63, 3.8) is 0 Å². The number of hydrogen-bond donors (Lipinski definition) is 0. The second-order valence-corrected chi connectivity index (χ2v) is 3.09. The summed E-state index contributed by atoms with van der Waals surface area (Å²) in [6, 6.07) is 3.55. The van der Waals surface area contributed by atoms with Crippen molar-refractivity contribution in [2.45, 2.75) is 6.61 Å². The fourth-order valence-corrected chi connectivity index (χ4v) is 1.22. The average molecular weight is 244 g/mol. The van der Waals surface area contributed by atoms with Gasteiger partial charge in [-0.1, -0.05) is 15.9 Å². The Morgan fingerprint density at radius 2 is 2.38 bits per heavy atom. The molecule has 0 aliphatic heterocycles. The van der Waals surface area contributed by atoms with Gasteiger partial charge in [-0.3, -0.25) is 9.78 Å². The van der Waals surface area contributed by atoms with Gasteiger partial charge in [-0.25, -0.2) is 0 Å². The number of aromatic nitrogens is 1. The number of rotatable bonds is 4. The van der Waals surface area contributed by atoms with Gasteiger partial charge in [-0.15, -0.1) is 0 Å². The zero-order valence-corrected chi connectivity index (χ0v) is 8.87. The lowest BCUT2D eigenvalue weighted by Crippen LogP contribution is -2.01. The van der Waals surface area contributed by atoms with E-state index in [2.05, 4.69) is 20.9 Å². The molecule has 0 saturated carbocycles. The number of ketones is 1. The number of methoxy groups -OCH3 is 1. The monoisotopic (exact) mass is 243 g/mol. The largest absolute Gasteiger partial charge is 0.378 e. The van der Waals surface area contributed by atoms with Gasteiger partial charge in [-0.05, 0) is 12.1 Å². The summed E-state index contributed by atoms with van der Waals surface area (Å²) >= 11 is 3.10. The van der Waals surface area contributed by atoms with Crippen LogP contribution in [-0.4, -0.2) is 23.2 Å². The lowest BCUT2D eigenvalue weighted by atomic mass is 10.2. The fraction of sp³-hybridized carbons (Fsp3) is 0.333. The molecule has 0 spiro atoms. The molecular formula is C9H10BrNO2. The molecule has 0 aromatic carbocycles. The van der Waals surface area contributed by atoms with Crippen LogP contribution in [0.5, 0.6) is 0 Å². The van der Waals surface area contributed by atoms with E-state index in [1.54, 1.807) is 25.4 Å². The number of carbonyl (C=O) groups excluding carboxylic acids is 1. The molecule has 3 nitrogen and oxygen atoms in total. The van der Waals surface area contributed by atoms with E-state index >= 15 is 0 Å². The molecule has 1 rings (SSSR count). The van der Waals surface area contributed by atoms with Gasteiger partial charge in [0.2, 0.25) is 0 Å². The molecule has 0 saturated heterocycles. The Hall–Kier alpha value is -0.740. The smallest absolute Gasteiger partial charge is 0.174 e. The summed E-state index contributed by atoms with van der Waals surface area (Å²) in [5, 5.41) is 0.332. The van der Waals surface area contributed by atoms with E-state index in [9.17, 15) is 4.79 Å². The van der Waals surface area contributed by atoms with Crippen molar-refractivity contribution in [3.8, 4) is 0 Å². The lowest BCUT2D eigenvalue weighted by molar-refractivity contribution is 0.102. The van der Waals surface area contributed by atoms with E-state index in [0.717, 1.165) is 5.69 Å². The predicted octanol–water partition coefficient (Wildman–Crippen LogP) is 1.81. The second kappa shape index (κ2) is 5.09. The number of halogens is 1. The average Bonchev–Trinajstić information content (AvgIpc) is 2.18. The minimum absolute atomic E-state index is 0.0384. The molecule has 4 heteroatoms. The van der Waals surface area contributed by atoms with Crippen molar-refractivity contribution >= 4 is 21.7 Å². The maximum atomic E-state index is 11.2. The molecule has 0 atom stereocenters. The van der Waals surface area contributed by atoms with Gasteiger partial charge < -0.3 is 4.74 Å². The molecule has 0 unspecified atom stereocenters. The third kappa shape index (κ3) is 2.90. The van der Waals surface area contributed by atoms with E-state index in [-0.39, 0.29) is 5.78 Å².